The van der Waals surface area contributed by atoms with E-state index in [1.165, 1.54) is 0 Å². The van der Waals surface area contributed by atoms with Crippen LogP contribution in [0, 0.1) is 0 Å². The smallest absolute Gasteiger partial charge is 0.250 e. The first kappa shape index (κ1) is 28.9. The fraction of sp³-hybridized carbons (Fsp3) is 0.419. The average molecular weight is 565 g/mol. The second-order valence-electron chi connectivity index (χ2n) is 13.2. The minimum atomic E-state index is -2.01. The first-order valence-corrected chi connectivity index (χ1v) is 19.2. The molecule has 2 aliphatic rings. The summed E-state index contributed by atoms with van der Waals surface area (Å²) in [6.45, 7) is 21.8. The molecule has 0 N–H and O–H groups in total. The molecule has 0 spiro atoms. The van der Waals surface area contributed by atoms with E-state index in [4.69, 9.17) is 18.3 Å². The highest BCUT2D eigenvalue weighted by atomic mass is 28.4. The summed E-state index contributed by atoms with van der Waals surface area (Å²) in [5, 5.41) is 0.116. The third-order valence-corrected chi connectivity index (χ3v) is 17.1. The van der Waals surface area contributed by atoms with Crippen LogP contribution in [0.2, 0.25) is 36.3 Å². The van der Waals surface area contributed by atoms with Gasteiger partial charge in [-0.25, -0.2) is 0 Å². The van der Waals surface area contributed by atoms with E-state index >= 15 is 0 Å². The van der Waals surface area contributed by atoms with Gasteiger partial charge in [0, 0.05) is 0 Å². The Morgan fingerprint density at radius 1 is 0.590 bits per heavy atom. The Labute approximate surface area is 234 Å². The van der Waals surface area contributed by atoms with Crippen molar-refractivity contribution in [3.63, 3.8) is 0 Å². The van der Waals surface area contributed by atoms with Gasteiger partial charge in [0.15, 0.2) is 11.5 Å². The fourth-order valence-corrected chi connectivity index (χ4v) is 5.95. The number of hydrogen-bond donors (Lipinski definition) is 0. The standard InChI is InChI=1S/C31H40O6Si2/c1-30(2,3)38(7,8)36-22-15-11-20(12-16-22)24-26(32)27(33)25(29-28(24)34-19-35-29)21-13-17-23(18-14-21)37-39(9,10)31(4,5)6/h11-18H,19H2,1-10H3. The predicted octanol–water partition coefficient (Wildman–Crippen LogP) is 7.73. The van der Waals surface area contributed by atoms with Gasteiger partial charge in [0.05, 0.1) is 11.1 Å². The molecule has 2 aromatic carbocycles. The number of ether oxygens (including phenoxy) is 2. The van der Waals surface area contributed by atoms with Gasteiger partial charge in [-0.2, -0.15) is 0 Å². The van der Waals surface area contributed by atoms with Crippen LogP contribution in [0.1, 0.15) is 52.7 Å². The number of ketones is 2. The van der Waals surface area contributed by atoms with Gasteiger partial charge in [0.1, 0.15) is 11.5 Å². The van der Waals surface area contributed by atoms with Crippen molar-refractivity contribution >= 4 is 39.3 Å². The van der Waals surface area contributed by atoms with Crippen LogP contribution in [0.3, 0.4) is 0 Å². The lowest BCUT2D eigenvalue weighted by atomic mass is 9.85. The van der Waals surface area contributed by atoms with Crippen LogP contribution in [0.15, 0.2) is 60.0 Å². The van der Waals surface area contributed by atoms with Crippen molar-refractivity contribution < 1.29 is 27.9 Å². The molecule has 0 amide bonds. The Balaban J connectivity index is 1.67. The number of rotatable bonds is 6. The summed E-state index contributed by atoms with van der Waals surface area (Å²) in [5.74, 6) is 0.850. The lowest BCUT2D eigenvalue weighted by Gasteiger charge is -2.36. The molecule has 1 heterocycles. The molecule has 208 valence electrons. The molecule has 39 heavy (non-hydrogen) atoms. The van der Waals surface area contributed by atoms with Crippen molar-refractivity contribution in [1.29, 1.82) is 0 Å². The third-order valence-electron chi connectivity index (χ3n) is 8.37. The van der Waals surface area contributed by atoms with E-state index in [1.807, 2.05) is 24.3 Å². The largest absolute Gasteiger partial charge is 0.544 e. The zero-order valence-corrected chi connectivity index (χ0v) is 26.8. The van der Waals surface area contributed by atoms with Crippen LogP contribution < -0.4 is 8.85 Å². The van der Waals surface area contributed by atoms with Gasteiger partial charge in [-0.15, -0.1) is 0 Å². The molecule has 0 saturated carbocycles. The molecule has 1 saturated heterocycles. The number of carbonyl (C=O) groups is 2. The van der Waals surface area contributed by atoms with E-state index in [0.717, 1.165) is 11.5 Å². The van der Waals surface area contributed by atoms with Crippen molar-refractivity contribution in [3.05, 3.63) is 71.2 Å². The second kappa shape index (κ2) is 9.82. The van der Waals surface area contributed by atoms with Crippen molar-refractivity contribution in [1.82, 2.24) is 0 Å². The summed E-state index contributed by atoms with van der Waals surface area (Å²) in [6, 6.07) is 14.6. The maximum atomic E-state index is 13.4. The normalized spacial score (nSPS) is 16.7. The number of fused-ring (bicyclic) bond motifs is 1. The van der Waals surface area contributed by atoms with Gasteiger partial charge in [-0.1, -0.05) is 65.8 Å². The molecular weight excluding hydrogens is 525 g/mol. The van der Waals surface area contributed by atoms with Gasteiger partial charge in [0.2, 0.25) is 35.0 Å². The van der Waals surface area contributed by atoms with E-state index in [0.29, 0.717) is 22.6 Å². The van der Waals surface area contributed by atoms with Gasteiger partial charge < -0.3 is 18.3 Å². The second-order valence-corrected chi connectivity index (χ2v) is 22.7. The monoisotopic (exact) mass is 564 g/mol. The molecule has 1 aliphatic carbocycles. The van der Waals surface area contributed by atoms with Crippen LogP contribution >= 0.6 is 0 Å². The molecule has 6 nitrogen and oxygen atoms in total. The average Bonchev–Trinajstić information content (AvgIpc) is 3.28. The molecule has 0 unspecified atom stereocenters. The molecular formula is C31H40O6Si2. The Morgan fingerprint density at radius 2 is 0.897 bits per heavy atom. The maximum Gasteiger partial charge on any atom is 0.250 e. The van der Waals surface area contributed by atoms with E-state index in [-0.39, 0.29) is 28.0 Å². The Morgan fingerprint density at radius 3 is 1.18 bits per heavy atom. The van der Waals surface area contributed by atoms with Crippen LogP contribution in [0.25, 0.3) is 11.1 Å². The number of allylic oxidation sites excluding steroid dienone is 2. The van der Waals surface area contributed by atoms with E-state index in [9.17, 15) is 9.59 Å². The molecule has 0 bridgehead atoms. The Bertz CT molecular complexity index is 1250. The zero-order valence-electron chi connectivity index (χ0n) is 24.8. The molecule has 0 atom stereocenters. The number of Topliss-reactive ketones (excluding diaryl/α,β-unsaturated/α-hetero) is 2. The van der Waals surface area contributed by atoms with Crippen molar-refractivity contribution in [2.75, 3.05) is 6.79 Å². The minimum absolute atomic E-state index is 0.0578. The summed E-state index contributed by atoms with van der Waals surface area (Å²) in [6.07, 6.45) is 0. The molecule has 4 rings (SSSR count). The molecule has 0 aromatic heterocycles. The summed E-state index contributed by atoms with van der Waals surface area (Å²) >= 11 is 0. The van der Waals surface area contributed by atoms with E-state index < -0.39 is 28.2 Å². The molecule has 8 heteroatoms. The fourth-order valence-electron chi connectivity index (χ4n) is 3.88. The Hall–Kier alpha value is -3.11. The quantitative estimate of drug-likeness (QED) is 0.203. The van der Waals surface area contributed by atoms with Gasteiger partial charge in [-0.05, 0) is 71.7 Å². The van der Waals surface area contributed by atoms with Crippen LogP contribution in [-0.2, 0) is 19.1 Å². The predicted molar refractivity (Wildman–Crippen MR) is 159 cm³/mol. The number of carbonyl (C=O) groups excluding carboxylic acids is 2. The highest BCUT2D eigenvalue weighted by Crippen LogP contribution is 2.43. The van der Waals surface area contributed by atoms with Crippen LogP contribution in [0.5, 0.6) is 11.5 Å². The Kier molecular flexibility index (Phi) is 7.27. The van der Waals surface area contributed by atoms with Crippen LogP contribution in [-0.4, -0.2) is 35.0 Å². The maximum absolute atomic E-state index is 13.4. The van der Waals surface area contributed by atoms with Crippen molar-refractivity contribution in [2.45, 2.75) is 77.8 Å². The molecule has 1 fully saturated rings. The summed E-state index contributed by atoms with van der Waals surface area (Å²) in [4.78, 5) is 26.9. The SMILES string of the molecule is CC(C)(C)[Si](C)(C)Oc1ccc(C2=C3OCOC3=C(c3ccc(O[Si](C)(C)C(C)(C)C)cc3)C(=O)C2=O)cc1. The zero-order chi connectivity index (χ0) is 29.0. The lowest BCUT2D eigenvalue weighted by molar-refractivity contribution is -0.130. The van der Waals surface area contributed by atoms with E-state index in [2.05, 4.69) is 67.7 Å². The summed E-state index contributed by atoms with van der Waals surface area (Å²) in [5.41, 5.74) is 1.61. The van der Waals surface area contributed by atoms with Crippen molar-refractivity contribution in [2.24, 2.45) is 0 Å². The molecule has 0 radical (unpaired) electrons. The van der Waals surface area contributed by atoms with Gasteiger partial charge >= 0.3 is 0 Å². The first-order valence-electron chi connectivity index (χ1n) is 13.4. The first-order chi connectivity index (χ1) is 17.9. The third kappa shape index (κ3) is 5.49. The highest BCUT2D eigenvalue weighted by molar-refractivity contribution is 6.75. The van der Waals surface area contributed by atoms with Gasteiger partial charge in [-0.3, -0.25) is 9.59 Å². The molecule has 2 aromatic rings. The van der Waals surface area contributed by atoms with Gasteiger partial charge in [0.25, 0.3) is 0 Å². The highest BCUT2D eigenvalue weighted by Gasteiger charge is 2.42. The lowest BCUT2D eigenvalue weighted by Crippen LogP contribution is -2.43. The molecule has 1 aliphatic heterocycles. The number of benzene rings is 2. The topological polar surface area (TPSA) is 71.1 Å². The number of hydrogen-bond acceptors (Lipinski definition) is 6. The summed E-state index contributed by atoms with van der Waals surface area (Å²) in [7, 11) is -4.03. The van der Waals surface area contributed by atoms with E-state index in [1.54, 1.807) is 24.3 Å². The minimum Gasteiger partial charge on any atom is -0.544 e. The van der Waals surface area contributed by atoms with Crippen LogP contribution in [0.4, 0.5) is 0 Å². The summed E-state index contributed by atoms with van der Waals surface area (Å²) < 4.78 is 24.3. The van der Waals surface area contributed by atoms with Crippen molar-refractivity contribution in [3.8, 4) is 11.5 Å².